The van der Waals surface area contributed by atoms with Crippen LogP contribution in [0.3, 0.4) is 0 Å². The number of unbranched alkanes of at least 4 members (excludes halogenated alkanes) is 1. The number of rotatable bonds is 8. The Kier molecular flexibility index (Phi) is 6.08. The Bertz CT molecular complexity index is 788. The van der Waals surface area contributed by atoms with Gasteiger partial charge in [-0.05, 0) is 22.5 Å². The summed E-state index contributed by atoms with van der Waals surface area (Å²) < 4.78 is 6.97. The summed E-state index contributed by atoms with van der Waals surface area (Å²) in [5.41, 5.74) is 1.05. The van der Waals surface area contributed by atoms with Gasteiger partial charge in [0, 0.05) is 5.56 Å². The van der Waals surface area contributed by atoms with E-state index in [2.05, 4.69) is 86.3 Å². The van der Waals surface area contributed by atoms with Gasteiger partial charge in [-0.2, -0.15) is 0 Å². The summed E-state index contributed by atoms with van der Waals surface area (Å²) in [6.45, 7) is 6.21. The quantitative estimate of drug-likeness (QED) is 0.499. The van der Waals surface area contributed by atoms with E-state index in [0.29, 0.717) is 0 Å². The molecule has 0 N–H and O–H groups in total. The van der Waals surface area contributed by atoms with Gasteiger partial charge in [0.25, 0.3) is 0 Å². The normalized spacial score (nSPS) is 11.1. The largest absolute Gasteiger partial charge is 0.534 e. The number of benzene rings is 3. The average Bonchev–Trinajstić information content (AvgIpc) is 2.72. The molecule has 0 atom stereocenters. The molecule has 3 aromatic carbocycles. The molecule has 3 aromatic rings. The van der Waals surface area contributed by atoms with Gasteiger partial charge in [-0.3, -0.25) is 0 Å². The van der Waals surface area contributed by atoms with Crippen molar-refractivity contribution >= 4 is 24.8 Å². The molecule has 2 heteroatoms. The van der Waals surface area contributed by atoms with Crippen LogP contribution in [-0.2, 0) is 0 Å². The van der Waals surface area contributed by atoms with E-state index < -0.39 is 8.32 Å². The summed E-state index contributed by atoms with van der Waals surface area (Å²) in [5.74, 6) is 0.929. The molecular formula is C24H26OSi. The lowest BCUT2D eigenvalue weighted by Gasteiger charge is -2.33. The Morgan fingerprint density at radius 3 is 1.88 bits per heavy atom. The summed E-state index contributed by atoms with van der Waals surface area (Å²) in [6.07, 6.45) is 4.18. The molecule has 0 saturated heterocycles. The standard InChI is InChI=1S/C24H26OSi/c1-3-5-20-26(22-15-8-6-9-16-22,23-17-10-7-11-18-23)25-24-19-13-12-14-21(24)4-2/h4,6-19H,2-3,5,20H2,1H3. The highest BCUT2D eigenvalue weighted by Gasteiger charge is 2.41. The lowest BCUT2D eigenvalue weighted by atomic mass is 10.2. The highest BCUT2D eigenvalue weighted by Crippen LogP contribution is 2.26. The highest BCUT2D eigenvalue weighted by molar-refractivity contribution is 6.98. The molecule has 0 amide bonds. The summed E-state index contributed by atoms with van der Waals surface area (Å²) in [6, 6.07) is 30.8. The molecular weight excluding hydrogens is 332 g/mol. The third kappa shape index (κ3) is 3.81. The van der Waals surface area contributed by atoms with E-state index in [4.69, 9.17) is 4.43 Å². The molecule has 0 spiro atoms. The van der Waals surface area contributed by atoms with Crippen LogP contribution in [0.4, 0.5) is 0 Å². The fourth-order valence-corrected chi connectivity index (χ4v) is 7.52. The Morgan fingerprint density at radius 1 is 0.808 bits per heavy atom. The van der Waals surface area contributed by atoms with Gasteiger partial charge in [0.05, 0.1) is 0 Å². The van der Waals surface area contributed by atoms with Gasteiger partial charge in [0.1, 0.15) is 5.75 Å². The van der Waals surface area contributed by atoms with Gasteiger partial charge in [0.15, 0.2) is 0 Å². The van der Waals surface area contributed by atoms with Gasteiger partial charge < -0.3 is 4.43 Å². The second kappa shape index (κ2) is 8.68. The lowest BCUT2D eigenvalue weighted by Crippen LogP contribution is -2.63. The molecule has 0 fully saturated rings. The first-order chi connectivity index (χ1) is 12.8. The van der Waals surface area contributed by atoms with Crippen LogP contribution in [0.1, 0.15) is 25.3 Å². The minimum atomic E-state index is -2.40. The van der Waals surface area contributed by atoms with E-state index in [1.165, 1.54) is 10.4 Å². The van der Waals surface area contributed by atoms with Crippen molar-refractivity contribution in [3.63, 3.8) is 0 Å². The number of hydrogen-bond acceptors (Lipinski definition) is 1. The van der Waals surface area contributed by atoms with E-state index in [1.807, 2.05) is 18.2 Å². The first kappa shape index (κ1) is 18.2. The molecule has 0 aliphatic carbocycles. The Hall–Kier alpha value is -2.58. The molecule has 0 bridgehead atoms. The third-order valence-corrected chi connectivity index (χ3v) is 8.94. The van der Waals surface area contributed by atoms with E-state index in [0.717, 1.165) is 30.2 Å². The first-order valence-electron chi connectivity index (χ1n) is 9.31. The summed E-state index contributed by atoms with van der Waals surface area (Å²) in [4.78, 5) is 0. The van der Waals surface area contributed by atoms with Gasteiger partial charge in [-0.1, -0.05) is 111 Å². The zero-order valence-electron chi connectivity index (χ0n) is 15.4. The predicted molar refractivity (Wildman–Crippen MR) is 115 cm³/mol. The van der Waals surface area contributed by atoms with Crippen LogP contribution in [0, 0.1) is 0 Å². The predicted octanol–water partition coefficient (Wildman–Crippen LogP) is 5.27. The molecule has 0 aromatic heterocycles. The topological polar surface area (TPSA) is 9.23 Å². The van der Waals surface area contributed by atoms with E-state index in [9.17, 15) is 0 Å². The van der Waals surface area contributed by atoms with Crippen molar-refractivity contribution in [2.45, 2.75) is 25.8 Å². The van der Waals surface area contributed by atoms with E-state index >= 15 is 0 Å². The van der Waals surface area contributed by atoms with Crippen molar-refractivity contribution in [3.05, 3.63) is 97.1 Å². The monoisotopic (exact) mass is 358 g/mol. The average molecular weight is 359 g/mol. The summed E-state index contributed by atoms with van der Waals surface area (Å²) in [5, 5.41) is 2.64. The first-order valence-corrected chi connectivity index (χ1v) is 11.4. The van der Waals surface area contributed by atoms with Crippen molar-refractivity contribution in [1.82, 2.24) is 0 Å². The summed E-state index contributed by atoms with van der Waals surface area (Å²) in [7, 11) is -2.40. The van der Waals surface area contributed by atoms with Crippen molar-refractivity contribution in [2.75, 3.05) is 0 Å². The summed E-state index contributed by atoms with van der Waals surface area (Å²) >= 11 is 0. The molecule has 0 radical (unpaired) electrons. The molecule has 1 nitrogen and oxygen atoms in total. The highest BCUT2D eigenvalue weighted by atomic mass is 28.4. The fraction of sp³-hybridized carbons (Fsp3) is 0.167. The molecule has 0 aliphatic rings. The lowest BCUT2D eigenvalue weighted by molar-refractivity contribution is 0.555. The maximum Gasteiger partial charge on any atom is 0.314 e. The minimum absolute atomic E-state index is 0.929. The second-order valence-electron chi connectivity index (χ2n) is 6.51. The SMILES string of the molecule is C=Cc1ccccc1O[Si](CCCC)(c1ccccc1)c1ccccc1. The van der Waals surface area contributed by atoms with Crippen LogP contribution in [0.25, 0.3) is 6.08 Å². The van der Waals surface area contributed by atoms with E-state index in [-0.39, 0.29) is 0 Å². The zero-order chi connectivity index (χ0) is 18.2. The molecule has 132 valence electrons. The van der Waals surface area contributed by atoms with E-state index in [1.54, 1.807) is 0 Å². The van der Waals surface area contributed by atoms with Crippen LogP contribution in [0.5, 0.6) is 5.75 Å². The van der Waals surface area contributed by atoms with Crippen molar-refractivity contribution in [3.8, 4) is 5.75 Å². The van der Waals surface area contributed by atoms with Gasteiger partial charge >= 0.3 is 8.32 Å². The zero-order valence-corrected chi connectivity index (χ0v) is 16.4. The number of para-hydroxylation sites is 1. The van der Waals surface area contributed by atoms with Crippen LogP contribution in [-0.4, -0.2) is 8.32 Å². The number of hydrogen-bond donors (Lipinski definition) is 0. The Labute approximate surface area is 158 Å². The van der Waals surface area contributed by atoms with Crippen molar-refractivity contribution in [1.29, 1.82) is 0 Å². The third-order valence-electron chi connectivity index (χ3n) is 4.79. The Morgan fingerprint density at radius 2 is 1.35 bits per heavy atom. The fourth-order valence-electron chi connectivity index (χ4n) is 3.39. The second-order valence-corrected chi connectivity index (χ2v) is 10.0. The molecule has 3 rings (SSSR count). The smallest absolute Gasteiger partial charge is 0.314 e. The van der Waals surface area contributed by atoms with Crippen LogP contribution >= 0.6 is 0 Å². The maximum absolute atomic E-state index is 6.97. The molecule has 0 unspecified atom stereocenters. The molecule has 26 heavy (non-hydrogen) atoms. The molecule has 0 saturated carbocycles. The maximum atomic E-state index is 6.97. The van der Waals surface area contributed by atoms with Crippen LogP contribution in [0.2, 0.25) is 6.04 Å². The molecule has 0 aliphatic heterocycles. The van der Waals surface area contributed by atoms with Gasteiger partial charge in [0.2, 0.25) is 0 Å². The van der Waals surface area contributed by atoms with Crippen LogP contribution in [0.15, 0.2) is 91.5 Å². The van der Waals surface area contributed by atoms with Gasteiger partial charge in [-0.25, -0.2) is 0 Å². The van der Waals surface area contributed by atoms with Crippen molar-refractivity contribution in [2.24, 2.45) is 0 Å². The molecule has 0 heterocycles. The van der Waals surface area contributed by atoms with Crippen LogP contribution < -0.4 is 14.8 Å². The Balaban J connectivity index is 2.17. The van der Waals surface area contributed by atoms with Crippen molar-refractivity contribution < 1.29 is 4.43 Å². The van der Waals surface area contributed by atoms with Gasteiger partial charge in [-0.15, -0.1) is 0 Å². The minimum Gasteiger partial charge on any atom is -0.534 e.